The number of hydrogen-bond acceptors (Lipinski definition) is 3. The molecule has 1 saturated heterocycles. The average molecular weight is 403 g/mol. The van der Waals surface area contributed by atoms with Gasteiger partial charge in [-0.05, 0) is 43.2 Å². The van der Waals surface area contributed by atoms with Crippen molar-refractivity contribution in [3.8, 4) is 0 Å². The van der Waals surface area contributed by atoms with Gasteiger partial charge in [0.2, 0.25) is 5.91 Å². The van der Waals surface area contributed by atoms with Gasteiger partial charge in [0.05, 0.1) is 0 Å². The van der Waals surface area contributed by atoms with Crippen molar-refractivity contribution in [2.45, 2.75) is 18.9 Å². The number of aromatic nitrogens is 2. The van der Waals surface area contributed by atoms with E-state index < -0.39 is 6.04 Å². The van der Waals surface area contributed by atoms with Gasteiger partial charge >= 0.3 is 0 Å². The molecule has 1 aromatic carbocycles. The van der Waals surface area contributed by atoms with E-state index in [1.54, 1.807) is 46.0 Å². The van der Waals surface area contributed by atoms with Gasteiger partial charge in [0.15, 0.2) is 0 Å². The summed E-state index contributed by atoms with van der Waals surface area (Å²) in [6, 6.07) is 9.62. The molecule has 6 nitrogen and oxygen atoms in total. The monoisotopic (exact) mass is 402 g/mol. The van der Waals surface area contributed by atoms with Crippen molar-refractivity contribution < 1.29 is 9.59 Å². The Bertz CT molecular complexity index is 1010. The van der Waals surface area contributed by atoms with Gasteiger partial charge in [0.1, 0.15) is 17.5 Å². The van der Waals surface area contributed by atoms with Crippen LogP contribution in [0.5, 0.6) is 0 Å². The number of hydrogen-bond donors (Lipinski definition) is 1. The maximum absolute atomic E-state index is 12.9. The van der Waals surface area contributed by atoms with Crippen molar-refractivity contribution in [1.29, 1.82) is 0 Å². The molecule has 4 rings (SSSR count). The van der Waals surface area contributed by atoms with E-state index >= 15 is 0 Å². The first kappa shape index (κ1) is 17.8. The highest BCUT2D eigenvalue weighted by molar-refractivity contribution is 6.35. The number of carbonyl (C=O) groups is 2. The third-order valence-electron chi connectivity index (χ3n) is 4.61. The van der Waals surface area contributed by atoms with E-state index in [1.165, 1.54) is 0 Å². The van der Waals surface area contributed by atoms with Crippen LogP contribution in [0.4, 0.5) is 5.82 Å². The smallest absolute Gasteiger partial charge is 0.254 e. The molecule has 0 radical (unpaired) electrons. The van der Waals surface area contributed by atoms with Crippen LogP contribution in [0.3, 0.4) is 0 Å². The fourth-order valence-corrected chi connectivity index (χ4v) is 3.91. The Kier molecular flexibility index (Phi) is 4.76. The zero-order valence-electron chi connectivity index (χ0n) is 14.2. The van der Waals surface area contributed by atoms with Crippen molar-refractivity contribution in [1.82, 2.24) is 14.3 Å². The molecule has 2 aromatic heterocycles. The van der Waals surface area contributed by atoms with Crippen molar-refractivity contribution in [2.75, 3.05) is 11.9 Å². The molecule has 3 aromatic rings. The molecule has 0 aliphatic carbocycles. The molecule has 2 amide bonds. The Hall–Kier alpha value is -2.57. The van der Waals surface area contributed by atoms with Gasteiger partial charge in [-0.3, -0.25) is 14.0 Å². The number of halogens is 2. The standard InChI is InChI=1S/C19H16Cl2N4O2/c20-13-9-12(10-14(21)11-13)19(27)24-7-2-3-15(24)18(26)23-17-5-1-4-16-22-6-8-25(16)17/h1,4-6,8-11,15H,2-3,7H2,(H,23,26). The van der Waals surface area contributed by atoms with Gasteiger partial charge in [0.25, 0.3) is 5.91 Å². The molecule has 1 aliphatic heterocycles. The van der Waals surface area contributed by atoms with E-state index in [1.807, 2.05) is 12.1 Å². The summed E-state index contributed by atoms with van der Waals surface area (Å²) in [5.74, 6) is 0.133. The molecule has 1 N–H and O–H groups in total. The van der Waals surface area contributed by atoms with Gasteiger partial charge in [-0.1, -0.05) is 29.3 Å². The molecule has 1 atom stereocenters. The number of likely N-dealkylation sites (tertiary alicyclic amines) is 1. The zero-order chi connectivity index (χ0) is 19.0. The quantitative estimate of drug-likeness (QED) is 0.722. The Morgan fingerprint density at radius 2 is 1.93 bits per heavy atom. The topological polar surface area (TPSA) is 66.7 Å². The van der Waals surface area contributed by atoms with Crippen LogP contribution in [0.15, 0.2) is 48.8 Å². The van der Waals surface area contributed by atoms with E-state index in [-0.39, 0.29) is 11.8 Å². The first-order valence-electron chi connectivity index (χ1n) is 8.53. The summed E-state index contributed by atoms with van der Waals surface area (Å²) in [5, 5.41) is 3.68. The van der Waals surface area contributed by atoms with E-state index in [2.05, 4.69) is 10.3 Å². The van der Waals surface area contributed by atoms with Gasteiger partial charge < -0.3 is 10.2 Å². The minimum absolute atomic E-state index is 0.227. The maximum atomic E-state index is 12.9. The lowest BCUT2D eigenvalue weighted by atomic mass is 10.1. The molecular formula is C19H16Cl2N4O2. The highest BCUT2D eigenvalue weighted by atomic mass is 35.5. The molecule has 3 heterocycles. The first-order chi connectivity index (χ1) is 13.0. The number of amides is 2. The van der Waals surface area contributed by atoms with Gasteiger partial charge in [0, 0.05) is 34.5 Å². The summed E-state index contributed by atoms with van der Waals surface area (Å²) in [5.41, 5.74) is 1.12. The highest BCUT2D eigenvalue weighted by Crippen LogP contribution is 2.25. The fraction of sp³-hybridized carbons (Fsp3) is 0.211. The van der Waals surface area contributed by atoms with Crippen molar-refractivity contribution in [3.63, 3.8) is 0 Å². The van der Waals surface area contributed by atoms with E-state index in [0.717, 1.165) is 12.1 Å². The number of fused-ring (bicyclic) bond motifs is 1. The lowest BCUT2D eigenvalue weighted by Gasteiger charge is -2.24. The summed E-state index contributed by atoms with van der Waals surface area (Å²) >= 11 is 12.0. The maximum Gasteiger partial charge on any atom is 0.254 e. The van der Waals surface area contributed by atoms with Gasteiger partial charge in [-0.15, -0.1) is 0 Å². The lowest BCUT2D eigenvalue weighted by Crippen LogP contribution is -2.43. The SMILES string of the molecule is O=C(Nc1cccc2nccn12)C1CCCN1C(=O)c1cc(Cl)cc(Cl)c1. The Morgan fingerprint density at radius 3 is 2.70 bits per heavy atom. The molecule has 0 saturated carbocycles. The zero-order valence-corrected chi connectivity index (χ0v) is 15.7. The Morgan fingerprint density at radius 1 is 1.15 bits per heavy atom. The van der Waals surface area contributed by atoms with Crippen LogP contribution < -0.4 is 5.32 Å². The van der Waals surface area contributed by atoms with E-state index in [4.69, 9.17) is 23.2 Å². The van der Waals surface area contributed by atoms with E-state index in [0.29, 0.717) is 34.4 Å². The van der Waals surface area contributed by atoms with Crippen LogP contribution in [0.1, 0.15) is 23.2 Å². The molecule has 1 aliphatic rings. The molecule has 0 bridgehead atoms. The molecule has 27 heavy (non-hydrogen) atoms. The fourth-order valence-electron chi connectivity index (χ4n) is 3.38. The van der Waals surface area contributed by atoms with Crippen LogP contribution in [0.2, 0.25) is 10.0 Å². The number of benzene rings is 1. The third kappa shape index (κ3) is 3.50. The number of nitrogens with one attached hydrogen (secondary N) is 1. The summed E-state index contributed by atoms with van der Waals surface area (Å²) in [6.07, 6.45) is 4.80. The molecular weight excluding hydrogens is 387 g/mol. The van der Waals surface area contributed by atoms with Crippen molar-refractivity contribution >= 4 is 46.5 Å². The number of rotatable bonds is 3. The van der Waals surface area contributed by atoms with Crippen LogP contribution in [0.25, 0.3) is 5.65 Å². The first-order valence-corrected chi connectivity index (χ1v) is 9.28. The predicted molar refractivity (Wildman–Crippen MR) is 104 cm³/mol. The molecule has 8 heteroatoms. The van der Waals surface area contributed by atoms with Crippen LogP contribution in [-0.4, -0.2) is 38.7 Å². The summed E-state index contributed by atoms with van der Waals surface area (Å²) in [7, 11) is 0. The second-order valence-corrected chi connectivity index (χ2v) is 7.24. The second kappa shape index (κ2) is 7.21. The minimum Gasteiger partial charge on any atom is -0.327 e. The molecule has 0 spiro atoms. The molecule has 1 fully saturated rings. The predicted octanol–water partition coefficient (Wildman–Crippen LogP) is 3.88. The van der Waals surface area contributed by atoms with Crippen molar-refractivity contribution in [3.05, 3.63) is 64.4 Å². The minimum atomic E-state index is -0.547. The second-order valence-electron chi connectivity index (χ2n) is 6.37. The number of nitrogens with zero attached hydrogens (tertiary/aromatic N) is 3. The summed E-state index contributed by atoms with van der Waals surface area (Å²) in [6.45, 7) is 0.510. The number of carbonyl (C=O) groups excluding carboxylic acids is 2. The van der Waals surface area contributed by atoms with Gasteiger partial charge in [-0.25, -0.2) is 4.98 Å². The van der Waals surface area contributed by atoms with Crippen LogP contribution in [-0.2, 0) is 4.79 Å². The van der Waals surface area contributed by atoms with Crippen LogP contribution >= 0.6 is 23.2 Å². The van der Waals surface area contributed by atoms with Gasteiger partial charge in [-0.2, -0.15) is 0 Å². The number of anilines is 1. The largest absolute Gasteiger partial charge is 0.327 e. The lowest BCUT2D eigenvalue weighted by molar-refractivity contribution is -0.119. The molecule has 138 valence electrons. The van der Waals surface area contributed by atoms with Crippen molar-refractivity contribution in [2.24, 2.45) is 0 Å². The normalized spacial score (nSPS) is 16.7. The number of pyridine rings is 1. The Balaban J connectivity index is 1.56. The third-order valence-corrected chi connectivity index (χ3v) is 5.04. The summed E-state index contributed by atoms with van der Waals surface area (Å²) < 4.78 is 1.79. The molecule has 1 unspecified atom stereocenters. The highest BCUT2D eigenvalue weighted by Gasteiger charge is 2.35. The number of imidazole rings is 1. The average Bonchev–Trinajstić information content (AvgIpc) is 3.30. The Labute approximate surface area is 165 Å². The van der Waals surface area contributed by atoms with Crippen LogP contribution in [0, 0.1) is 0 Å². The van der Waals surface area contributed by atoms with E-state index in [9.17, 15) is 9.59 Å². The summed E-state index contributed by atoms with van der Waals surface area (Å²) in [4.78, 5) is 31.6.